The SMILES string of the molecule is CNC1CCCN(c2cc(C)cc(Br)c2)C1=O. The van der Waals surface area contributed by atoms with Crippen molar-refractivity contribution in [3.05, 3.63) is 28.2 Å². The van der Waals surface area contributed by atoms with Crippen LogP contribution in [0.3, 0.4) is 0 Å². The van der Waals surface area contributed by atoms with E-state index in [2.05, 4.69) is 27.3 Å². The highest BCUT2D eigenvalue weighted by Gasteiger charge is 2.28. The molecule has 2 rings (SSSR count). The Balaban J connectivity index is 2.29. The van der Waals surface area contributed by atoms with E-state index >= 15 is 0 Å². The molecular weight excluding hydrogens is 280 g/mol. The second-order valence-electron chi connectivity index (χ2n) is 4.46. The lowest BCUT2D eigenvalue weighted by Crippen LogP contribution is -2.49. The number of aryl methyl sites for hydroxylation is 1. The fourth-order valence-corrected chi connectivity index (χ4v) is 2.87. The van der Waals surface area contributed by atoms with Crippen molar-refractivity contribution >= 4 is 27.5 Å². The number of benzene rings is 1. The van der Waals surface area contributed by atoms with Crippen molar-refractivity contribution in [2.24, 2.45) is 0 Å². The van der Waals surface area contributed by atoms with E-state index in [4.69, 9.17) is 0 Å². The van der Waals surface area contributed by atoms with Crippen LogP contribution in [0.1, 0.15) is 18.4 Å². The molecule has 1 saturated heterocycles. The van der Waals surface area contributed by atoms with Crippen molar-refractivity contribution in [1.29, 1.82) is 0 Å². The molecule has 0 aliphatic carbocycles. The zero-order chi connectivity index (χ0) is 12.4. The minimum absolute atomic E-state index is 0.0389. The summed E-state index contributed by atoms with van der Waals surface area (Å²) in [6.45, 7) is 2.85. The molecule has 1 aliphatic heterocycles. The molecule has 0 spiro atoms. The summed E-state index contributed by atoms with van der Waals surface area (Å²) in [6, 6.07) is 6.07. The molecule has 0 bridgehead atoms. The summed E-state index contributed by atoms with van der Waals surface area (Å²) in [5, 5.41) is 3.08. The Kier molecular flexibility index (Phi) is 3.84. The Labute approximate surface area is 110 Å². The summed E-state index contributed by atoms with van der Waals surface area (Å²) in [5.41, 5.74) is 2.15. The van der Waals surface area contributed by atoms with Crippen LogP contribution >= 0.6 is 15.9 Å². The average Bonchev–Trinajstić information content (AvgIpc) is 2.28. The van der Waals surface area contributed by atoms with E-state index in [1.165, 1.54) is 0 Å². The van der Waals surface area contributed by atoms with E-state index in [1.807, 2.05) is 31.0 Å². The number of likely N-dealkylation sites (N-methyl/N-ethyl adjacent to an activating group) is 1. The minimum Gasteiger partial charge on any atom is -0.311 e. The number of anilines is 1. The van der Waals surface area contributed by atoms with Gasteiger partial charge in [-0.25, -0.2) is 0 Å². The Bertz CT molecular complexity index is 413. The van der Waals surface area contributed by atoms with Crippen LogP contribution in [0.2, 0.25) is 0 Å². The van der Waals surface area contributed by atoms with Crippen molar-refractivity contribution in [3.63, 3.8) is 0 Å². The van der Waals surface area contributed by atoms with E-state index in [1.54, 1.807) is 0 Å². The smallest absolute Gasteiger partial charge is 0.244 e. The molecule has 1 atom stereocenters. The van der Waals surface area contributed by atoms with Crippen LogP contribution in [0.15, 0.2) is 22.7 Å². The minimum atomic E-state index is -0.0389. The molecule has 3 nitrogen and oxygen atoms in total. The highest BCUT2D eigenvalue weighted by molar-refractivity contribution is 9.10. The van der Waals surface area contributed by atoms with Gasteiger partial charge in [-0.3, -0.25) is 4.79 Å². The molecule has 4 heteroatoms. The molecule has 1 N–H and O–H groups in total. The van der Waals surface area contributed by atoms with Crippen molar-refractivity contribution in [2.75, 3.05) is 18.5 Å². The Hall–Kier alpha value is -0.870. The normalized spacial score (nSPS) is 20.8. The van der Waals surface area contributed by atoms with Crippen molar-refractivity contribution in [3.8, 4) is 0 Å². The van der Waals surface area contributed by atoms with Gasteiger partial charge in [-0.1, -0.05) is 15.9 Å². The van der Waals surface area contributed by atoms with E-state index in [-0.39, 0.29) is 11.9 Å². The van der Waals surface area contributed by atoms with Gasteiger partial charge in [-0.2, -0.15) is 0 Å². The fourth-order valence-electron chi connectivity index (χ4n) is 2.27. The zero-order valence-electron chi connectivity index (χ0n) is 10.2. The van der Waals surface area contributed by atoms with Gasteiger partial charge in [0.05, 0.1) is 6.04 Å². The molecule has 1 aromatic rings. The highest BCUT2D eigenvalue weighted by Crippen LogP contribution is 2.26. The number of piperidine rings is 1. The first-order chi connectivity index (χ1) is 8.11. The standard InChI is InChI=1S/C13H17BrN2O/c1-9-6-10(14)8-11(7-9)16-5-3-4-12(15-2)13(16)17/h6-8,12,15H,3-5H2,1-2H3. The summed E-state index contributed by atoms with van der Waals surface area (Å²) >= 11 is 3.48. The third kappa shape index (κ3) is 2.69. The van der Waals surface area contributed by atoms with E-state index in [0.29, 0.717) is 0 Å². The number of carbonyl (C=O) groups is 1. The molecule has 1 aliphatic rings. The zero-order valence-corrected chi connectivity index (χ0v) is 11.8. The number of halogens is 1. The van der Waals surface area contributed by atoms with Crippen molar-refractivity contribution in [1.82, 2.24) is 5.32 Å². The van der Waals surface area contributed by atoms with Gasteiger partial charge in [0.1, 0.15) is 0 Å². The molecule has 1 unspecified atom stereocenters. The van der Waals surface area contributed by atoms with Crippen molar-refractivity contribution in [2.45, 2.75) is 25.8 Å². The maximum absolute atomic E-state index is 12.2. The van der Waals surface area contributed by atoms with Crippen LogP contribution in [0, 0.1) is 6.92 Å². The topological polar surface area (TPSA) is 32.3 Å². The molecular formula is C13H17BrN2O. The monoisotopic (exact) mass is 296 g/mol. The molecule has 0 saturated carbocycles. The number of nitrogens with zero attached hydrogens (tertiary/aromatic N) is 1. The lowest BCUT2D eigenvalue weighted by Gasteiger charge is -2.32. The van der Waals surface area contributed by atoms with Crippen LogP contribution in [0.4, 0.5) is 5.69 Å². The number of carbonyl (C=O) groups excluding carboxylic acids is 1. The van der Waals surface area contributed by atoms with Gasteiger partial charge in [0, 0.05) is 16.7 Å². The Morgan fingerprint density at radius 3 is 2.82 bits per heavy atom. The summed E-state index contributed by atoms with van der Waals surface area (Å²) in [5.74, 6) is 0.177. The number of amides is 1. The maximum atomic E-state index is 12.2. The lowest BCUT2D eigenvalue weighted by molar-refractivity contribution is -0.121. The summed E-state index contributed by atoms with van der Waals surface area (Å²) in [4.78, 5) is 14.1. The van der Waals surface area contributed by atoms with Crippen LogP contribution in [0.5, 0.6) is 0 Å². The van der Waals surface area contributed by atoms with Gasteiger partial charge < -0.3 is 10.2 Å². The number of hydrogen-bond donors (Lipinski definition) is 1. The van der Waals surface area contributed by atoms with E-state index in [9.17, 15) is 4.79 Å². The second kappa shape index (κ2) is 5.19. The predicted molar refractivity (Wildman–Crippen MR) is 73.3 cm³/mol. The van der Waals surface area contributed by atoms with E-state index in [0.717, 1.165) is 35.1 Å². The van der Waals surface area contributed by atoms with Gasteiger partial charge in [0.25, 0.3) is 0 Å². The van der Waals surface area contributed by atoms with Gasteiger partial charge in [0.15, 0.2) is 0 Å². The first-order valence-corrected chi connectivity index (χ1v) is 6.67. The Morgan fingerprint density at radius 1 is 1.41 bits per heavy atom. The molecule has 0 aromatic heterocycles. The van der Waals surface area contributed by atoms with Crippen LogP contribution < -0.4 is 10.2 Å². The van der Waals surface area contributed by atoms with Crippen molar-refractivity contribution < 1.29 is 4.79 Å². The quantitative estimate of drug-likeness (QED) is 0.909. The van der Waals surface area contributed by atoms with Crippen LogP contribution in [-0.2, 0) is 4.79 Å². The summed E-state index contributed by atoms with van der Waals surface area (Å²) in [7, 11) is 1.85. The highest BCUT2D eigenvalue weighted by atomic mass is 79.9. The number of hydrogen-bond acceptors (Lipinski definition) is 2. The molecule has 1 heterocycles. The summed E-state index contributed by atoms with van der Waals surface area (Å²) < 4.78 is 1.02. The number of rotatable bonds is 2. The average molecular weight is 297 g/mol. The molecule has 1 fully saturated rings. The lowest BCUT2D eigenvalue weighted by atomic mass is 10.0. The summed E-state index contributed by atoms with van der Waals surface area (Å²) in [6.07, 6.45) is 1.97. The van der Waals surface area contributed by atoms with Crippen LogP contribution in [-0.4, -0.2) is 25.5 Å². The third-order valence-corrected chi connectivity index (χ3v) is 3.58. The molecule has 17 heavy (non-hydrogen) atoms. The second-order valence-corrected chi connectivity index (χ2v) is 5.38. The molecule has 92 valence electrons. The largest absolute Gasteiger partial charge is 0.311 e. The predicted octanol–water partition coefficient (Wildman–Crippen LogP) is 2.47. The fraction of sp³-hybridized carbons (Fsp3) is 0.462. The van der Waals surface area contributed by atoms with Crippen LogP contribution in [0.25, 0.3) is 0 Å². The number of nitrogens with one attached hydrogen (secondary N) is 1. The van der Waals surface area contributed by atoms with Gasteiger partial charge in [-0.15, -0.1) is 0 Å². The Morgan fingerprint density at radius 2 is 2.18 bits per heavy atom. The maximum Gasteiger partial charge on any atom is 0.244 e. The molecule has 0 radical (unpaired) electrons. The molecule has 1 amide bonds. The van der Waals surface area contributed by atoms with Gasteiger partial charge in [0.2, 0.25) is 5.91 Å². The first-order valence-electron chi connectivity index (χ1n) is 5.87. The third-order valence-electron chi connectivity index (χ3n) is 3.13. The van der Waals surface area contributed by atoms with Gasteiger partial charge in [-0.05, 0) is 50.6 Å². The van der Waals surface area contributed by atoms with E-state index < -0.39 is 0 Å². The first kappa shape index (κ1) is 12.6. The van der Waals surface area contributed by atoms with Gasteiger partial charge >= 0.3 is 0 Å². The molecule has 1 aromatic carbocycles.